The van der Waals surface area contributed by atoms with E-state index in [2.05, 4.69) is 10.1 Å². The largest absolute Gasteiger partial charge is 0.375 e. The van der Waals surface area contributed by atoms with Gasteiger partial charge in [0.05, 0.1) is 5.02 Å². The van der Waals surface area contributed by atoms with Crippen molar-refractivity contribution in [3.63, 3.8) is 0 Å². The fourth-order valence-electron chi connectivity index (χ4n) is 1.49. The molecule has 0 aliphatic heterocycles. The first-order valence-corrected chi connectivity index (χ1v) is 5.72. The minimum absolute atomic E-state index is 0.462. The van der Waals surface area contributed by atoms with Crippen LogP contribution in [0.25, 0.3) is 21.7 Å². The lowest BCUT2D eigenvalue weighted by Gasteiger charge is -1.97. The highest BCUT2D eigenvalue weighted by atomic mass is 35.5. The third-order valence-corrected chi connectivity index (χ3v) is 3.27. The second-order valence-electron chi connectivity index (χ2n) is 3.20. The van der Waals surface area contributed by atoms with E-state index in [4.69, 9.17) is 21.9 Å². The maximum atomic E-state index is 6.09. The van der Waals surface area contributed by atoms with Gasteiger partial charge >= 0.3 is 0 Å². The van der Waals surface area contributed by atoms with E-state index in [0.717, 1.165) is 5.56 Å². The molecular weight excluding hydrogens is 246 g/mol. The SMILES string of the molecule is Nc1nc2c(-c3ccccc3Cl)noc2s1. The summed E-state index contributed by atoms with van der Waals surface area (Å²) < 4.78 is 5.15. The lowest BCUT2D eigenvalue weighted by molar-refractivity contribution is 0.465. The number of hydrogen-bond acceptors (Lipinski definition) is 5. The van der Waals surface area contributed by atoms with E-state index in [1.54, 1.807) is 6.07 Å². The van der Waals surface area contributed by atoms with Crippen molar-refractivity contribution in [1.29, 1.82) is 0 Å². The number of anilines is 1. The molecule has 0 amide bonds. The van der Waals surface area contributed by atoms with Crippen LogP contribution in [0.1, 0.15) is 0 Å². The molecule has 0 bridgehead atoms. The highest BCUT2D eigenvalue weighted by molar-refractivity contribution is 7.21. The average Bonchev–Trinajstić information content (AvgIpc) is 2.78. The summed E-state index contributed by atoms with van der Waals surface area (Å²) in [5.74, 6) is 0. The predicted molar refractivity (Wildman–Crippen MR) is 64.5 cm³/mol. The van der Waals surface area contributed by atoms with Crippen molar-refractivity contribution in [2.75, 3.05) is 5.73 Å². The molecule has 80 valence electrons. The predicted octanol–water partition coefficient (Wildman–Crippen LogP) is 3.19. The van der Waals surface area contributed by atoms with Crippen molar-refractivity contribution in [3.8, 4) is 11.3 Å². The summed E-state index contributed by atoms with van der Waals surface area (Å²) in [4.78, 5) is 4.79. The molecule has 2 N–H and O–H groups in total. The van der Waals surface area contributed by atoms with Gasteiger partial charge in [-0.2, -0.15) is 0 Å². The summed E-state index contributed by atoms with van der Waals surface area (Å²) in [6, 6.07) is 7.41. The lowest BCUT2D eigenvalue weighted by Crippen LogP contribution is -1.83. The molecule has 0 aliphatic rings. The van der Waals surface area contributed by atoms with Crippen LogP contribution in [0.3, 0.4) is 0 Å². The molecule has 0 radical (unpaired) electrons. The van der Waals surface area contributed by atoms with Crippen LogP contribution in [0.15, 0.2) is 28.8 Å². The summed E-state index contributed by atoms with van der Waals surface area (Å²) >= 11 is 7.35. The number of halogens is 1. The summed E-state index contributed by atoms with van der Waals surface area (Å²) in [5, 5.41) is 5.04. The Hall–Kier alpha value is -1.59. The Morgan fingerprint density at radius 1 is 1.31 bits per heavy atom. The van der Waals surface area contributed by atoms with E-state index in [-0.39, 0.29) is 0 Å². The lowest BCUT2D eigenvalue weighted by atomic mass is 10.1. The van der Waals surface area contributed by atoms with Crippen molar-refractivity contribution < 1.29 is 4.52 Å². The number of hydrogen-bond donors (Lipinski definition) is 1. The number of thiazole rings is 1. The Balaban J connectivity index is 2.30. The maximum absolute atomic E-state index is 6.09. The second-order valence-corrected chi connectivity index (χ2v) is 4.60. The first kappa shape index (κ1) is 9.62. The molecule has 16 heavy (non-hydrogen) atoms. The molecule has 1 aromatic carbocycles. The summed E-state index contributed by atoms with van der Waals surface area (Å²) in [5.41, 5.74) is 7.70. The van der Waals surface area contributed by atoms with E-state index >= 15 is 0 Å². The summed E-state index contributed by atoms with van der Waals surface area (Å²) in [6.45, 7) is 0. The summed E-state index contributed by atoms with van der Waals surface area (Å²) in [6.07, 6.45) is 0. The van der Waals surface area contributed by atoms with E-state index in [0.29, 0.717) is 26.3 Å². The van der Waals surface area contributed by atoms with Crippen LogP contribution < -0.4 is 5.73 Å². The van der Waals surface area contributed by atoms with Gasteiger partial charge < -0.3 is 10.3 Å². The normalized spacial score (nSPS) is 11.1. The van der Waals surface area contributed by atoms with Crippen molar-refractivity contribution in [3.05, 3.63) is 29.3 Å². The van der Waals surface area contributed by atoms with Gasteiger partial charge in [-0.15, -0.1) is 0 Å². The molecule has 0 fully saturated rings. The van der Waals surface area contributed by atoms with Crippen LogP contribution in [-0.2, 0) is 0 Å². The van der Waals surface area contributed by atoms with Gasteiger partial charge in [0.1, 0.15) is 5.69 Å². The van der Waals surface area contributed by atoms with Crippen LogP contribution in [0.4, 0.5) is 5.13 Å². The Labute approximate surface area is 99.6 Å². The van der Waals surface area contributed by atoms with Crippen LogP contribution in [0, 0.1) is 0 Å². The van der Waals surface area contributed by atoms with Crippen molar-refractivity contribution in [2.45, 2.75) is 0 Å². The van der Waals surface area contributed by atoms with Gasteiger partial charge in [-0.3, -0.25) is 0 Å². The van der Waals surface area contributed by atoms with Gasteiger partial charge in [0, 0.05) is 5.56 Å². The maximum Gasteiger partial charge on any atom is 0.243 e. The molecule has 0 aliphatic carbocycles. The molecule has 6 heteroatoms. The van der Waals surface area contributed by atoms with Gasteiger partial charge in [0.2, 0.25) is 4.90 Å². The number of nitrogens with two attached hydrogens (primary N) is 1. The number of fused-ring (bicyclic) bond motifs is 1. The van der Waals surface area contributed by atoms with E-state index in [1.807, 2.05) is 18.2 Å². The second kappa shape index (κ2) is 3.47. The van der Waals surface area contributed by atoms with E-state index in [1.165, 1.54) is 11.3 Å². The molecule has 2 aromatic heterocycles. The van der Waals surface area contributed by atoms with Crippen LogP contribution in [0.5, 0.6) is 0 Å². The van der Waals surface area contributed by atoms with Crippen LogP contribution in [-0.4, -0.2) is 10.1 Å². The zero-order valence-electron chi connectivity index (χ0n) is 7.98. The first-order chi connectivity index (χ1) is 7.75. The van der Waals surface area contributed by atoms with Crippen LogP contribution in [0.2, 0.25) is 5.02 Å². The van der Waals surface area contributed by atoms with Gasteiger partial charge in [0.25, 0.3) is 0 Å². The Bertz CT molecular complexity index is 661. The third-order valence-electron chi connectivity index (χ3n) is 2.19. The molecule has 0 spiro atoms. The summed E-state index contributed by atoms with van der Waals surface area (Å²) in [7, 11) is 0. The first-order valence-electron chi connectivity index (χ1n) is 4.52. The van der Waals surface area contributed by atoms with Crippen LogP contribution >= 0.6 is 22.9 Å². The molecule has 0 saturated carbocycles. The Morgan fingerprint density at radius 2 is 2.12 bits per heavy atom. The quantitative estimate of drug-likeness (QED) is 0.721. The number of nitrogens with zero attached hydrogens (tertiary/aromatic N) is 2. The molecule has 0 atom stereocenters. The standard InChI is InChI=1S/C10H6ClN3OS/c11-6-4-2-1-3-5(6)7-8-9(15-14-7)16-10(12)13-8/h1-4H,(H2,12,13). The van der Waals surface area contributed by atoms with Crippen molar-refractivity contribution >= 4 is 38.5 Å². The molecule has 0 unspecified atom stereocenters. The van der Waals surface area contributed by atoms with E-state index in [9.17, 15) is 0 Å². The molecule has 0 saturated heterocycles. The minimum atomic E-state index is 0.462. The smallest absolute Gasteiger partial charge is 0.243 e. The van der Waals surface area contributed by atoms with Crippen molar-refractivity contribution in [2.24, 2.45) is 0 Å². The monoisotopic (exact) mass is 251 g/mol. The highest BCUT2D eigenvalue weighted by Crippen LogP contribution is 2.35. The third kappa shape index (κ3) is 1.36. The molecule has 3 rings (SSSR count). The Kier molecular flexibility index (Phi) is 2.08. The topological polar surface area (TPSA) is 64.9 Å². The number of rotatable bonds is 1. The molecule has 2 heterocycles. The Morgan fingerprint density at radius 3 is 2.94 bits per heavy atom. The fourth-order valence-corrected chi connectivity index (χ4v) is 2.36. The average molecular weight is 252 g/mol. The zero-order chi connectivity index (χ0) is 11.1. The number of aromatic nitrogens is 2. The fraction of sp³-hybridized carbons (Fsp3) is 0. The zero-order valence-corrected chi connectivity index (χ0v) is 9.55. The number of benzene rings is 1. The number of nitrogen functional groups attached to an aromatic ring is 1. The van der Waals surface area contributed by atoms with Gasteiger partial charge in [-0.05, 0) is 6.07 Å². The molecular formula is C10H6ClN3OS. The van der Waals surface area contributed by atoms with Gasteiger partial charge in [0.15, 0.2) is 10.6 Å². The van der Waals surface area contributed by atoms with Gasteiger partial charge in [-0.25, -0.2) is 4.98 Å². The molecule has 4 nitrogen and oxygen atoms in total. The van der Waals surface area contributed by atoms with E-state index < -0.39 is 0 Å². The van der Waals surface area contributed by atoms with Crippen molar-refractivity contribution in [1.82, 2.24) is 10.1 Å². The highest BCUT2D eigenvalue weighted by Gasteiger charge is 2.16. The van der Waals surface area contributed by atoms with Gasteiger partial charge in [-0.1, -0.05) is 46.3 Å². The minimum Gasteiger partial charge on any atom is -0.375 e. The molecule has 3 aromatic rings.